The summed E-state index contributed by atoms with van der Waals surface area (Å²) in [6, 6.07) is 39.3. The van der Waals surface area contributed by atoms with Gasteiger partial charge in [-0.1, -0.05) is 91.7 Å². The van der Waals surface area contributed by atoms with Gasteiger partial charge in [0.1, 0.15) is 0 Å². The van der Waals surface area contributed by atoms with Crippen LogP contribution >= 0.6 is 11.8 Å². The van der Waals surface area contributed by atoms with Crippen LogP contribution in [0.2, 0.25) is 0 Å². The zero-order valence-electron chi connectivity index (χ0n) is 32.8. The molecule has 1 fully saturated rings. The summed E-state index contributed by atoms with van der Waals surface area (Å²) in [7, 11) is 0. The number of carbonyl (C=O) groups is 3. The van der Waals surface area contributed by atoms with E-state index in [1.807, 2.05) is 84.9 Å². The number of amides is 3. The number of para-hydroxylation sites is 2. The molecule has 5 aromatic carbocycles. The molecule has 58 heavy (non-hydrogen) atoms. The maximum atomic E-state index is 12.6. The number of hydrogen-bond acceptors (Lipinski definition) is 8. The summed E-state index contributed by atoms with van der Waals surface area (Å²) in [5.41, 5.74) is 13.7. The molecule has 6 rings (SSSR count). The fourth-order valence-corrected chi connectivity index (χ4v) is 7.70. The Bertz CT molecular complexity index is 2110. The lowest BCUT2D eigenvalue weighted by Crippen LogP contribution is -2.31. The molecule has 1 aliphatic heterocycles. The number of ether oxygens (including phenoxy) is 2. The number of aliphatic hydroxyl groups excluding tert-OH is 1. The highest BCUT2D eigenvalue weighted by molar-refractivity contribution is 7.99. The van der Waals surface area contributed by atoms with Gasteiger partial charge in [-0.3, -0.25) is 14.4 Å². The van der Waals surface area contributed by atoms with E-state index in [0.29, 0.717) is 37.2 Å². The Morgan fingerprint density at radius 3 is 2.14 bits per heavy atom. The van der Waals surface area contributed by atoms with E-state index < -0.39 is 6.29 Å². The highest BCUT2D eigenvalue weighted by atomic mass is 32.2. The van der Waals surface area contributed by atoms with Crippen molar-refractivity contribution in [1.29, 1.82) is 0 Å². The molecule has 5 aromatic rings. The number of nitrogens with one attached hydrogen (secondary N) is 3. The number of nitrogen functional groups attached to an aromatic ring is 1. The molecular formula is C47H52N4O6S. The van der Waals surface area contributed by atoms with Crippen molar-refractivity contribution in [1.82, 2.24) is 5.32 Å². The van der Waals surface area contributed by atoms with E-state index in [1.165, 1.54) is 6.92 Å². The van der Waals surface area contributed by atoms with Crippen LogP contribution in [0.1, 0.15) is 86.5 Å². The standard InChI is InChI=1S/C47H52N4O6S/c1-32(53)50-39-23-25-41(26-24-39)58-31-40-28-44(36-17-15-33(30-52)16-18-36)57-47(56-40)37-21-19-35(20-22-37)38-10-8-9-34(27-38)29-49-45(54)13-4-2-3-5-14-46(55)51-43-12-7-6-11-42(43)48/h6-12,15-27,40,44,47,52H,2-5,13-14,28-31,48H2,1H3,(H,49,54)(H,50,53)(H,51,55)/t40-,44+,47+/m1/s1. The predicted molar refractivity (Wildman–Crippen MR) is 231 cm³/mol. The molecule has 1 heterocycles. The summed E-state index contributed by atoms with van der Waals surface area (Å²) >= 11 is 1.70. The van der Waals surface area contributed by atoms with Gasteiger partial charge >= 0.3 is 0 Å². The van der Waals surface area contributed by atoms with E-state index in [1.54, 1.807) is 23.9 Å². The van der Waals surface area contributed by atoms with E-state index in [9.17, 15) is 19.5 Å². The molecular weight excluding hydrogens is 749 g/mol. The Balaban J connectivity index is 0.988. The summed E-state index contributed by atoms with van der Waals surface area (Å²) in [6.45, 7) is 1.92. The molecule has 0 aliphatic carbocycles. The average Bonchev–Trinajstić information content (AvgIpc) is 3.24. The number of thioether (sulfide) groups is 1. The van der Waals surface area contributed by atoms with Crippen molar-refractivity contribution in [2.75, 3.05) is 22.1 Å². The van der Waals surface area contributed by atoms with E-state index in [2.05, 4.69) is 40.2 Å². The van der Waals surface area contributed by atoms with Gasteiger partial charge in [0.15, 0.2) is 6.29 Å². The minimum absolute atomic E-state index is 0.0127. The van der Waals surface area contributed by atoms with Gasteiger partial charge in [-0.25, -0.2) is 0 Å². The second-order valence-electron chi connectivity index (χ2n) is 14.5. The lowest BCUT2D eigenvalue weighted by molar-refractivity contribution is -0.245. The molecule has 0 saturated carbocycles. The third-order valence-electron chi connectivity index (χ3n) is 9.95. The number of hydrogen-bond donors (Lipinski definition) is 5. The third kappa shape index (κ3) is 12.8. The minimum Gasteiger partial charge on any atom is -0.397 e. The highest BCUT2D eigenvalue weighted by Gasteiger charge is 2.32. The number of rotatable bonds is 18. The average molecular weight is 801 g/mol. The van der Waals surface area contributed by atoms with Gasteiger partial charge < -0.3 is 36.3 Å². The van der Waals surface area contributed by atoms with Crippen molar-refractivity contribution >= 4 is 46.5 Å². The van der Waals surface area contributed by atoms with Crippen molar-refractivity contribution in [3.8, 4) is 11.1 Å². The molecule has 1 saturated heterocycles. The van der Waals surface area contributed by atoms with Gasteiger partial charge in [-0.05, 0) is 83.1 Å². The molecule has 0 bridgehead atoms. The first kappa shape index (κ1) is 42.2. The zero-order valence-corrected chi connectivity index (χ0v) is 33.6. The summed E-state index contributed by atoms with van der Waals surface area (Å²) in [5, 5.41) is 18.3. The van der Waals surface area contributed by atoms with Crippen LogP contribution in [-0.4, -0.2) is 34.7 Å². The quantitative estimate of drug-likeness (QED) is 0.0334. The third-order valence-corrected chi connectivity index (χ3v) is 11.1. The lowest BCUT2D eigenvalue weighted by Gasteiger charge is -2.36. The number of unbranched alkanes of at least 4 members (excludes halogenated alkanes) is 3. The molecule has 6 N–H and O–H groups in total. The maximum absolute atomic E-state index is 12.6. The highest BCUT2D eigenvalue weighted by Crippen LogP contribution is 2.40. The molecule has 11 heteroatoms. The van der Waals surface area contributed by atoms with Gasteiger partial charge in [-0.15, -0.1) is 11.8 Å². The van der Waals surface area contributed by atoms with E-state index in [-0.39, 0.29) is 36.5 Å². The largest absolute Gasteiger partial charge is 0.397 e. The second kappa shape index (κ2) is 21.3. The molecule has 0 spiro atoms. The van der Waals surface area contributed by atoms with Crippen LogP contribution in [0.25, 0.3) is 11.1 Å². The molecule has 302 valence electrons. The maximum Gasteiger partial charge on any atom is 0.224 e. The molecule has 0 aromatic heterocycles. The van der Waals surface area contributed by atoms with Gasteiger partial charge in [0.2, 0.25) is 17.7 Å². The first-order chi connectivity index (χ1) is 28.2. The lowest BCUT2D eigenvalue weighted by atomic mass is 9.99. The molecule has 0 radical (unpaired) electrons. The fourth-order valence-electron chi connectivity index (χ4n) is 6.78. The number of anilines is 3. The van der Waals surface area contributed by atoms with Crippen molar-refractivity contribution < 1.29 is 29.0 Å². The van der Waals surface area contributed by atoms with Crippen molar-refractivity contribution in [2.45, 2.75) is 88.4 Å². The van der Waals surface area contributed by atoms with Crippen LogP contribution in [0, 0.1) is 0 Å². The van der Waals surface area contributed by atoms with E-state index in [0.717, 1.165) is 75.4 Å². The Morgan fingerprint density at radius 1 is 0.724 bits per heavy atom. The van der Waals surface area contributed by atoms with Crippen LogP contribution in [0.5, 0.6) is 0 Å². The van der Waals surface area contributed by atoms with Gasteiger partial charge in [0.25, 0.3) is 0 Å². The number of benzene rings is 5. The zero-order chi connectivity index (χ0) is 40.7. The van der Waals surface area contributed by atoms with Crippen molar-refractivity contribution in [3.05, 3.63) is 144 Å². The van der Waals surface area contributed by atoms with Gasteiger partial charge in [0, 0.05) is 54.6 Å². The smallest absolute Gasteiger partial charge is 0.224 e. The Morgan fingerprint density at radius 2 is 1.43 bits per heavy atom. The molecule has 3 atom stereocenters. The van der Waals surface area contributed by atoms with Crippen molar-refractivity contribution in [3.63, 3.8) is 0 Å². The summed E-state index contributed by atoms with van der Waals surface area (Å²) < 4.78 is 13.1. The molecule has 1 aliphatic rings. The molecule has 10 nitrogen and oxygen atoms in total. The number of carbonyl (C=O) groups excluding carboxylic acids is 3. The monoisotopic (exact) mass is 800 g/mol. The Kier molecular flexibility index (Phi) is 15.5. The molecule has 0 unspecified atom stereocenters. The van der Waals surface area contributed by atoms with Crippen LogP contribution in [0.15, 0.2) is 126 Å². The summed E-state index contributed by atoms with van der Waals surface area (Å²) in [4.78, 5) is 37.4. The first-order valence-electron chi connectivity index (χ1n) is 19.8. The first-order valence-corrected chi connectivity index (χ1v) is 20.8. The molecule has 3 amide bonds. The Labute approximate surface area is 344 Å². The number of aliphatic hydroxyl groups is 1. The van der Waals surface area contributed by atoms with Gasteiger partial charge in [-0.2, -0.15) is 0 Å². The normalized spacial score (nSPS) is 16.3. The SMILES string of the molecule is CC(=O)Nc1ccc(SC[C@H]2C[C@@H](c3ccc(CO)cc3)O[C@@H](c3ccc(-c4cccc(CNC(=O)CCCCCCC(=O)Nc5ccccc5N)c4)cc3)O2)cc1. The number of nitrogens with two attached hydrogens (primary N) is 1. The predicted octanol–water partition coefficient (Wildman–Crippen LogP) is 9.32. The van der Waals surface area contributed by atoms with E-state index in [4.69, 9.17) is 15.2 Å². The van der Waals surface area contributed by atoms with E-state index >= 15 is 0 Å². The van der Waals surface area contributed by atoms with Gasteiger partial charge in [0.05, 0.1) is 30.2 Å². The van der Waals surface area contributed by atoms with Crippen LogP contribution < -0.4 is 21.7 Å². The minimum atomic E-state index is -0.571. The van der Waals surface area contributed by atoms with Crippen molar-refractivity contribution in [2.24, 2.45) is 0 Å². The fraction of sp³-hybridized carbons (Fsp3) is 0.298. The Hall–Kier alpha value is -5.46. The second-order valence-corrected chi connectivity index (χ2v) is 15.6. The van der Waals surface area contributed by atoms with Crippen LogP contribution in [-0.2, 0) is 37.0 Å². The van der Waals surface area contributed by atoms with Crippen LogP contribution in [0.3, 0.4) is 0 Å². The summed E-state index contributed by atoms with van der Waals surface area (Å²) in [6.07, 6.45) is 3.98. The summed E-state index contributed by atoms with van der Waals surface area (Å²) in [5.74, 6) is 0.577. The topological polar surface area (TPSA) is 152 Å². The van der Waals surface area contributed by atoms with Crippen LogP contribution in [0.4, 0.5) is 17.1 Å².